The van der Waals surface area contributed by atoms with Crippen molar-refractivity contribution in [3.63, 3.8) is 0 Å². The molecule has 0 heterocycles. The number of hydrogen-bond donors (Lipinski definition) is 0. The Balaban J connectivity index is 1.73. The van der Waals surface area contributed by atoms with Gasteiger partial charge in [-0.3, -0.25) is 4.79 Å². The summed E-state index contributed by atoms with van der Waals surface area (Å²) in [4.78, 5) is 12.2. The number of carbonyl (C=O) groups excluding carboxylic acids is 1. The number of allylic oxidation sites excluding steroid dienone is 1. The molecule has 0 radical (unpaired) electrons. The van der Waals surface area contributed by atoms with Gasteiger partial charge in [0.25, 0.3) is 0 Å². The Kier molecular flexibility index (Phi) is 4.69. The van der Waals surface area contributed by atoms with Gasteiger partial charge in [0.1, 0.15) is 11.8 Å². The van der Waals surface area contributed by atoms with Crippen LogP contribution in [-0.2, 0) is 0 Å². The highest BCUT2D eigenvalue weighted by Gasteiger charge is 2.02. The first kappa shape index (κ1) is 15.5. The van der Waals surface area contributed by atoms with E-state index < -0.39 is 0 Å². The SMILES string of the molecule is N#CCOc1ccc(C(=O)/C=C/c2ccc3ccccc3c2)cc1. The Bertz CT molecular complexity index is 934. The summed E-state index contributed by atoms with van der Waals surface area (Å²) in [6.45, 7) is -0.00480. The summed E-state index contributed by atoms with van der Waals surface area (Å²) in [6, 6.07) is 22.9. The summed E-state index contributed by atoms with van der Waals surface area (Å²) >= 11 is 0. The minimum atomic E-state index is -0.0741. The third-order valence-corrected chi connectivity index (χ3v) is 3.64. The second-order valence-corrected chi connectivity index (χ2v) is 5.28. The quantitative estimate of drug-likeness (QED) is 0.509. The molecule has 0 aliphatic rings. The molecule has 3 nitrogen and oxygen atoms in total. The highest BCUT2D eigenvalue weighted by atomic mass is 16.5. The van der Waals surface area contributed by atoms with E-state index in [1.807, 2.05) is 36.4 Å². The van der Waals surface area contributed by atoms with Crippen LogP contribution in [0.3, 0.4) is 0 Å². The van der Waals surface area contributed by atoms with Gasteiger partial charge in [0, 0.05) is 5.56 Å². The Morgan fingerprint density at radius 3 is 2.50 bits per heavy atom. The van der Waals surface area contributed by atoms with Crippen LogP contribution in [0.2, 0.25) is 0 Å². The Hall–Kier alpha value is -3.38. The molecule has 116 valence electrons. The lowest BCUT2D eigenvalue weighted by atomic mass is 10.1. The van der Waals surface area contributed by atoms with Crippen LogP contribution in [0.1, 0.15) is 15.9 Å². The van der Waals surface area contributed by atoms with E-state index in [2.05, 4.69) is 18.2 Å². The first-order valence-corrected chi connectivity index (χ1v) is 7.57. The van der Waals surface area contributed by atoms with Gasteiger partial charge in [-0.2, -0.15) is 5.26 Å². The first-order valence-electron chi connectivity index (χ1n) is 7.57. The van der Waals surface area contributed by atoms with Gasteiger partial charge < -0.3 is 4.74 Å². The molecule has 0 aromatic heterocycles. The van der Waals surface area contributed by atoms with Gasteiger partial charge in [-0.05, 0) is 52.7 Å². The molecule has 0 spiro atoms. The van der Waals surface area contributed by atoms with Crippen molar-refractivity contribution in [3.8, 4) is 11.8 Å². The fourth-order valence-corrected chi connectivity index (χ4v) is 2.41. The normalized spacial score (nSPS) is 10.6. The number of rotatable bonds is 5. The summed E-state index contributed by atoms with van der Waals surface area (Å²) in [5.74, 6) is 0.501. The minimum absolute atomic E-state index is 0.00480. The van der Waals surface area contributed by atoms with E-state index in [-0.39, 0.29) is 12.4 Å². The van der Waals surface area contributed by atoms with Gasteiger partial charge in [0.05, 0.1) is 0 Å². The summed E-state index contributed by atoms with van der Waals surface area (Å²) in [6.07, 6.45) is 3.38. The van der Waals surface area contributed by atoms with Crippen molar-refractivity contribution in [1.82, 2.24) is 0 Å². The average molecular weight is 313 g/mol. The predicted octanol–water partition coefficient (Wildman–Crippen LogP) is 4.64. The highest BCUT2D eigenvalue weighted by molar-refractivity contribution is 6.07. The molecule has 0 atom stereocenters. The molecule has 0 fully saturated rings. The molecule has 3 aromatic carbocycles. The van der Waals surface area contributed by atoms with Crippen molar-refractivity contribution in [1.29, 1.82) is 5.26 Å². The van der Waals surface area contributed by atoms with Crippen LogP contribution in [0, 0.1) is 11.3 Å². The molecule has 0 saturated heterocycles. The number of nitriles is 1. The van der Waals surface area contributed by atoms with Crippen molar-refractivity contribution in [2.75, 3.05) is 6.61 Å². The Morgan fingerprint density at radius 1 is 1.00 bits per heavy atom. The van der Waals surface area contributed by atoms with E-state index in [1.165, 1.54) is 5.39 Å². The minimum Gasteiger partial charge on any atom is -0.479 e. The van der Waals surface area contributed by atoms with E-state index in [9.17, 15) is 4.79 Å². The predicted molar refractivity (Wildman–Crippen MR) is 94.9 cm³/mol. The lowest BCUT2D eigenvalue weighted by molar-refractivity contribution is 0.104. The molecule has 0 saturated carbocycles. The van der Waals surface area contributed by atoms with E-state index in [1.54, 1.807) is 30.3 Å². The summed E-state index contributed by atoms with van der Waals surface area (Å²) in [5, 5.41) is 10.8. The van der Waals surface area contributed by atoms with Gasteiger partial charge in [-0.25, -0.2) is 0 Å². The number of nitrogens with zero attached hydrogens (tertiary/aromatic N) is 1. The molecular formula is C21H15NO2. The first-order chi connectivity index (χ1) is 11.8. The molecule has 0 unspecified atom stereocenters. The number of carbonyl (C=O) groups is 1. The van der Waals surface area contributed by atoms with Crippen LogP contribution in [0.15, 0.2) is 72.8 Å². The van der Waals surface area contributed by atoms with E-state index in [0.717, 1.165) is 10.9 Å². The van der Waals surface area contributed by atoms with Crippen LogP contribution in [0.25, 0.3) is 16.8 Å². The molecule has 24 heavy (non-hydrogen) atoms. The highest BCUT2D eigenvalue weighted by Crippen LogP contribution is 2.17. The van der Waals surface area contributed by atoms with Crippen molar-refractivity contribution in [2.45, 2.75) is 0 Å². The van der Waals surface area contributed by atoms with Crippen molar-refractivity contribution < 1.29 is 9.53 Å². The molecule has 3 rings (SSSR count). The Labute approximate surface area is 140 Å². The molecule has 3 heteroatoms. The van der Waals surface area contributed by atoms with Gasteiger partial charge >= 0.3 is 0 Å². The molecule has 0 aliphatic heterocycles. The maximum Gasteiger partial charge on any atom is 0.185 e. The average Bonchev–Trinajstić information content (AvgIpc) is 2.64. The third kappa shape index (κ3) is 3.68. The largest absolute Gasteiger partial charge is 0.479 e. The second-order valence-electron chi connectivity index (χ2n) is 5.28. The van der Waals surface area contributed by atoms with Crippen molar-refractivity contribution >= 4 is 22.6 Å². The fourth-order valence-electron chi connectivity index (χ4n) is 2.41. The molecule has 0 N–H and O–H groups in total. The lowest BCUT2D eigenvalue weighted by Gasteiger charge is -2.02. The molecule has 0 amide bonds. The van der Waals surface area contributed by atoms with E-state index in [0.29, 0.717) is 11.3 Å². The van der Waals surface area contributed by atoms with Crippen LogP contribution in [0.4, 0.5) is 0 Å². The fraction of sp³-hybridized carbons (Fsp3) is 0.0476. The number of ether oxygens (including phenoxy) is 1. The summed E-state index contributed by atoms with van der Waals surface area (Å²) in [7, 11) is 0. The van der Waals surface area contributed by atoms with Crippen molar-refractivity contribution in [3.05, 3.63) is 83.9 Å². The van der Waals surface area contributed by atoms with Crippen LogP contribution < -0.4 is 4.74 Å². The Morgan fingerprint density at radius 2 is 1.75 bits per heavy atom. The molecular weight excluding hydrogens is 298 g/mol. The van der Waals surface area contributed by atoms with Gasteiger partial charge in [-0.1, -0.05) is 42.5 Å². The maximum absolute atomic E-state index is 12.2. The lowest BCUT2D eigenvalue weighted by Crippen LogP contribution is -1.96. The van der Waals surface area contributed by atoms with Crippen LogP contribution >= 0.6 is 0 Å². The molecule has 0 aliphatic carbocycles. The zero-order valence-corrected chi connectivity index (χ0v) is 13.0. The maximum atomic E-state index is 12.2. The smallest absolute Gasteiger partial charge is 0.185 e. The van der Waals surface area contributed by atoms with E-state index in [4.69, 9.17) is 10.00 Å². The zero-order chi connectivity index (χ0) is 16.8. The van der Waals surface area contributed by atoms with E-state index >= 15 is 0 Å². The van der Waals surface area contributed by atoms with Crippen LogP contribution in [0.5, 0.6) is 5.75 Å². The standard InChI is InChI=1S/C21H15NO2/c22-13-14-24-20-10-8-18(9-11-20)21(23)12-6-16-5-7-17-3-1-2-4-19(17)15-16/h1-12,15H,14H2/b12-6+. The van der Waals surface area contributed by atoms with Gasteiger partial charge in [0.15, 0.2) is 12.4 Å². The second kappa shape index (κ2) is 7.26. The van der Waals surface area contributed by atoms with Gasteiger partial charge in [-0.15, -0.1) is 0 Å². The summed E-state index contributed by atoms with van der Waals surface area (Å²) < 4.78 is 5.17. The number of benzene rings is 3. The monoisotopic (exact) mass is 313 g/mol. The summed E-state index contributed by atoms with van der Waals surface area (Å²) in [5.41, 5.74) is 1.56. The third-order valence-electron chi connectivity index (χ3n) is 3.64. The number of ketones is 1. The molecule has 0 bridgehead atoms. The van der Waals surface area contributed by atoms with Gasteiger partial charge in [0.2, 0.25) is 0 Å². The van der Waals surface area contributed by atoms with Crippen molar-refractivity contribution in [2.24, 2.45) is 0 Å². The number of fused-ring (bicyclic) bond motifs is 1. The zero-order valence-electron chi connectivity index (χ0n) is 13.0. The number of hydrogen-bond acceptors (Lipinski definition) is 3. The molecule has 3 aromatic rings. The topological polar surface area (TPSA) is 50.1 Å². The van der Waals surface area contributed by atoms with Crippen LogP contribution in [-0.4, -0.2) is 12.4 Å².